The van der Waals surface area contributed by atoms with E-state index in [-0.39, 0.29) is 25.0 Å². The van der Waals surface area contributed by atoms with Gasteiger partial charge in [-0.3, -0.25) is 9.69 Å². The van der Waals surface area contributed by atoms with Crippen molar-refractivity contribution < 1.29 is 19.5 Å². The molecule has 2 heterocycles. The molecule has 0 spiro atoms. The molecule has 2 N–H and O–H groups in total. The summed E-state index contributed by atoms with van der Waals surface area (Å²) in [6, 6.07) is -1.31. The van der Waals surface area contributed by atoms with Gasteiger partial charge in [0, 0.05) is 19.6 Å². The standard InChI is InChI=1S/C13H21N3O4/c1-8(2)9-3-4-15(6-9)13(20)16-7-11(17)14-5-10(16)12(18)19/h8-10H,3-7H2,1-2H3,(H,14,17)(H,18,19). The van der Waals surface area contributed by atoms with Gasteiger partial charge >= 0.3 is 12.0 Å². The van der Waals surface area contributed by atoms with E-state index in [1.54, 1.807) is 4.90 Å². The Balaban J connectivity index is 2.06. The van der Waals surface area contributed by atoms with E-state index in [9.17, 15) is 14.4 Å². The van der Waals surface area contributed by atoms with Crippen molar-refractivity contribution >= 4 is 17.9 Å². The van der Waals surface area contributed by atoms with E-state index in [4.69, 9.17) is 5.11 Å². The molecule has 2 fully saturated rings. The third-order valence-electron chi connectivity index (χ3n) is 4.15. The van der Waals surface area contributed by atoms with E-state index in [1.165, 1.54) is 4.90 Å². The van der Waals surface area contributed by atoms with Crippen LogP contribution in [0.5, 0.6) is 0 Å². The molecule has 20 heavy (non-hydrogen) atoms. The number of hydrogen-bond acceptors (Lipinski definition) is 3. The number of aliphatic carboxylic acids is 1. The number of hydrogen-bond donors (Lipinski definition) is 2. The molecule has 0 aromatic carbocycles. The second kappa shape index (κ2) is 5.68. The third kappa shape index (κ3) is 2.86. The molecule has 0 radical (unpaired) electrons. The van der Waals surface area contributed by atoms with Crippen LogP contribution in [-0.2, 0) is 9.59 Å². The van der Waals surface area contributed by atoms with Crippen LogP contribution in [-0.4, -0.2) is 65.0 Å². The van der Waals surface area contributed by atoms with Crippen LogP contribution in [0.2, 0.25) is 0 Å². The quantitative estimate of drug-likeness (QED) is 0.744. The Kier molecular flexibility index (Phi) is 4.15. The van der Waals surface area contributed by atoms with Gasteiger partial charge in [0.05, 0.1) is 0 Å². The number of amides is 3. The predicted octanol–water partition coefficient (Wildman–Crippen LogP) is -0.0307. The molecule has 2 rings (SSSR count). The van der Waals surface area contributed by atoms with Crippen LogP contribution < -0.4 is 5.32 Å². The fraction of sp³-hybridized carbons (Fsp3) is 0.769. The van der Waals surface area contributed by atoms with E-state index in [0.717, 1.165) is 6.42 Å². The zero-order chi connectivity index (χ0) is 14.9. The monoisotopic (exact) mass is 283 g/mol. The normalized spacial score (nSPS) is 26.9. The SMILES string of the molecule is CC(C)C1CCN(C(=O)N2CC(=O)NCC2C(=O)O)C1. The van der Waals surface area contributed by atoms with Gasteiger partial charge in [0.15, 0.2) is 0 Å². The summed E-state index contributed by atoms with van der Waals surface area (Å²) in [5.74, 6) is -0.456. The van der Waals surface area contributed by atoms with E-state index in [0.29, 0.717) is 24.9 Å². The summed E-state index contributed by atoms with van der Waals surface area (Å²) in [4.78, 5) is 37.9. The lowest BCUT2D eigenvalue weighted by atomic mass is 9.95. The van der Waals surface area contributed by atoms with Crippen LogP contribution >= 0.6 is 0 Å². The number of carbonyl (C=O) groups excluding carboxylic acids is 2. The van der Waals surface area contributed by atoms with E-state index in [1.807, 2.05) is 0 Å². The lowest BCUT2D eigenvalue weighted by Crippen LogP contribution is -2.61. The van der Waals surface area contributed by atoms with Crippen LogP contribution in [0.15, 0.2) is 0 Å². The number of nitrogens with one attached hydrogen (secondary N) is 1. The summed E-state index contributed by atoms with van der Waals surface area (Å²) in [6.07, 6.45) is 0.932. The average molecular weight is 283 g/mol. The van der Waals surface area contributed by atoms with Gasteiger partial charge in [-0.05, 0) is 18.3 Å². The van der Waals surface area contributed by atoms with Gasteiger partial charge in [-0.2, -0.15) is 0 Å². The maximum atomic E-state index is 12.4. The molecule has 112 valence electrons. The molecule has 3 amide bonds. The van der Waals surface area contributed by atoms with Crippen molar-refractivity contribution in [3.05, 3.63) is 0 Å². The first-order valence-corrected chi connectivity index (χ1v) is 6.95. The molecule has 2 unspecified atom stereocenters. The van der Waals surface area contributed by atoms with Crippen LogP contribution in [0.25, 0.3) is 0 Å². The summed E-state index contributed by atoms with van der Waals surface area (Å²) in [5.41, 5.74) is 0. The molecule has 0 aliphatic carbocycles. The number of nitrogens with zero attached hydrogens (tertiary/aromatic N) is 2. The summed E-state index contributed by atoms with van der Waals surface area (Å²) in [7, 11) is 0. The van der Waals surface area contributed by atoms with Crippen molar-refractivity contribution in [3.63, 3.8) is 0 Å². The Morgan fingerprint density at radius 3 is 2.65 bits per heavy atom. The van der Waals surface area contributed by atoms with Gasteiger partial charge in [-0.1, -0.05) is 13.8 Å². The highest BCUT2D eigenvalue weighted by molar-refractivity contribution is 5.90. The number of likely N-dealkylation sites (tertiary alicyclic amines) is 1. The van der Waals surface area contributed by atoms with Gasteiger partial charge in [-0.25, -0.2) is 9.59 Å². The molecule has 7 nitrogen and oxygen atoms in total. The minimum absolute atomic E-state index is 0.0264. The number of carboxylic acids is 1. The highest BCUT2D eigenvalue weighted by atomic mass is 16.4. The molecule has 2 aliphatic rings. The first kappa shape index (κ1) is 14.6. The molecule has 0 aromatic rings. The number of piperazine rings is 1. The first-order valence-electron chi connectivity index (χ1n) is 6.95. The zero-order valence-corrected chi connectivity index (χ0v) is 11.8. The average Bonchev–Trinajstić information content (AvgIpc) is 2.87. The minimum atomic E-state index is -1.09. The van der Waals surface area contributed by atoms with Crippen molar-refractivity contribution in [3.8, 4) is 0 Å². The Labute approximate surface area is 117 Å². The van der Waals surface area contributed by atoms with Gasteiger partial charge in [0.25, 0.3) is 0 Å². The molecule has 2 saturated heterocycles. The van der Waals surface area contributed by atoms with Crippen LogP contribution in [0, 0.1) is 11.8 Å². The molecule has 2 atom stereocenters. The summed E-state index contributed by atoms with van der Waals surface area (Å²) in [5, 5.41) is 11.6. The number of carbonyl (C=O) groups is 3. The van der Waals surface area contributed by atoms with Crippen molar-refractivity contribution in [2.75, 3.05) is 26.2 Å². The highest BCUT2D eigenvalue weighted by Crippen LogP contribution is 2.25. The number of urea groups is 1. The van der Waals surface area contributed by atoms with Crippen molar-refractivity contribution in [1.82, 2.24) is 15.1 Å². The fourth-order valence-electron chi connectivity index (χ4n) is 2.75. The van der Waals surface area contributed by atoms with E-state index < -0.39 is 12.0 Å². The van der Waals surface area contributed by atoms with Crippen LogP contribution in [0.1, 0.15) is 20.3 Å². The van der Waals surface area contributed by atoms with E-state index >= 15 is 0 Å². The minimum Gasteiger partial charge on any atom is -0.480 e. The van der Waals surface area contributed by atoms with Crippen LogP contribution in [0.3, 0.4) is 0 Å². The molecule has 0 aromatic heterocycles. The van der Waals surface area contributed by atoms with Crippen molar-refractivity contribution in [2.24, 2.45) is 11.8 Å². The van der Waals surface area contributed by atoms with E-state index in [2.05, 4.69) is 19.2 Å². The summed E-state index contributed by atoms with van der Waals surface area (Å²) in [6.45, 7) is 5.30. The second-order valence-corrected chi connectivity index (χ2v) is 5.81. The van der Waals surface area contributed by atoms with Gasteiger partial charge in [0.1, 0.15) is 12.6 Å². The summed E-state index contributed by atoms with van der Waals surface area (Å²) >= 11 is 0. The molecule has 7 heteroatoms. The van der Waals surface area contributed by atoms with Gasteiger partial charge < -0.3 is 15.3 Å². The molecule has 0 bridgehead atoms. The number of carboxylic acid groups (broad SMARTS) is 1. The Bertz CT molecular complexity index is 424. The molecule has 2 aliphatic heterocycles. The largest absolute Gasteiger partial charge is 0.480 e. The third-order valence-corrected chi connectivity index (χ3v) is 4.15. The second-order valence-electron chi connectivity index (χ2n) is 5.81. The smallest absolute Gasteiger partial charge is 0.328 e. The Morgan fingerprint density at radius 2 is 2.10 bits per heavy atom. The molecular formula is C13H21N3O4. The maximum Gasteiger partial charge on any atom is 0.328 e. The summed E-state index contributed by atoms with van der Waals surface area (Å²) < 4.78 is 0. The fourth-order valence-corrected chi connectivity index (χ4v) is 2.75. The lowest BCUT2D eigenvalue weighted by molar-refractivity contribution is -0.144. The first-order chi connectivity index (χ1) is 9.40. The predicted molar refractivity (Wildman–Crippen MR) is 71.1 cm³/mol. The Morgan fingerprint density at radius 1 is 1.40 bits per heavy atom. The maximum absolute atomic E-state index is 12.4. The van der Waals surface area contributed by atoms with Crippen LogP contribution in [0.4, 0.5) is 4.79 Å². The zero-order valence-electron chi connectivity index (χ0n) is 11.8. The molecule has 0 saturated carbocycles. The van der Waals surface area contributed by atoms with Crippen molar-refractivity contribution in [2.45, 2.75) is 26.3 Å². The highest BCUT2D eigenvalue weighted by Gasteiger charge is 2.39. The number of rotatable bonds is 2. The Hall–Kier alpha value is -1.79. The van der Waals surface area contributed by atoms with Crippen molar-refractivity contribution in [1.29, 1.82) is 0 Å². The molecular weight excluding hydrogens is 262 g/mol. The lowest BCUT2D eigenvalue weighted by Gasteiger charge is -2.35. The van der Waals surface area contributed by atoms with Gasteiger partial charge in [-0.15, -0.1) is 0 Å². The van der Waals surface area contributed by atoms with Gasteiger partial charge in [0.2, 0.25) is 5.91 Å². The topological polar surface area (TPSA) is 90.0 Å².